The van der Waals surface area contributed by atoms with Crippen molar-refractivity contribution in [2.24, 2.45) is 5.73 Å². The molecule has 0 amide bonds. The SMILES string of the molecule is CCc1ccccc1N1CCS(=O)(=O)CC1CN. The summed E-state index contributed by atoms with van der Waals surface area (Å²) in [6.07, 6.45) is 0.941. The average molecular weight is 268 g/mol. The zero-order chi connectivity index (χ0) is 13.2. The zero-order valence-corrected chi connectivity index (χ0v) is 11.5. The Balaban J connectivity index is 2.32. The molecule has 0 saturated carbocycles. The van der Waals surface area contributed by atoms with Gasteiger partial charge in [0.05, 0.1) is 17.5 Å². The number of aryl methyl sites for hydroxylation is 1. The Morgan fingerprint density at radius 2 is 2.11 bits per heavy atom. The molecule has 100 valence electrons. The summed E-state index contributed by atoms with van der Waals surface area (Å²) in [5, 5.41) is 0. The first-order valence-corrected chi connectivity index (χ1v) is 8.14. The Labute approximate surface area is 109 Å². The second-order valence-electron chi connectivity index (χ2n) is 4.68. The van der Waals surface area contributed by atoms with Crippen LogP contribution in [-0.2, 0) is 16.3 Å². The Hall–Kier alpha value is -1.07. The van der Waals surface area contributed by atoms with Crippen LogP contribution in [0.5, 0.6) is 0 Å². The number of anilines is 1. The van der Waals surface area contributed by atoms with Crippen LogP contribution in [0.15, 0.2) is 24.3 Å². The standard InChI is InChI=1S/C13H20N2O2S/c1-2-11-5-3-4-6-13(11)15-7-8-18(16,17)10-12(15)9-14/h3-6,12H,2,7-10,14H2,1H3. The topological polar surface area (TPSA) is 63.4 Å². The van der Waals surface area contributed by atoms with E-state index in [0.717, 1.165) is 12.1 Å². The Morgan fingerprint density at radius 3 is 2.78 bits per heavy atom. The van der Waals surface area contributed by atoms with E-state index in [4.69, 9.17) is 5.73 Å². The highest BCUT2D eigenvalue weighted by molar-refractivity contribution is 7.91. The van der Waals surface area contributed by atoms with E-state index in [1.807, 2.05) is 12.1 Å². The molecule has 1 saturated heterocycles. The fraction of sp³-hybridized carbons (Fsp3) is 0.538. The fourth-order valence-electron chi connectivity index (χ4n) is 2.49. The van der Waals surface area contributed by atoms with Crippen LogP contribution in [0, 0.1) is 0 Å². The number of hydrogen-bond acceptors (Lipinski definition) is 4. The molecule has 2 N–H and O–H groups in total. The van der Waals surface area contributed by atoms with Crippen molar-refractivity contribution in [3.8, 4) is 0 Å². The van der Waals surface area contributed by atoms with E-state index < -0.39 is 9.84 Å². The summed E-state index contributed by atoms with van der Waals surface area (Å²) >= 11 is 0. The van der Waals surface area contributed by atoms with Gasteiger partial charge >= 0.3 is 0 Å². The molecule has 1 atom stereocenters. The largest absolute Gasteiger partial charge is 0.365 e. The molecule has 1 aromatic carbocycles. The van der Waals surface area contributed by atoms with Gasteiger partial charge < -0.3 is 10.6 Å². The molecular formula is C13H20N2O2S. The summed E-state index contributed by atoms with van der Waals surface area (Å²) in [5.74, 6) is 0.392. The number of hydrogen-bond donors (Lipinski definition) is 1. The van der Waals surface area contributed by atoms with Crippen molar-refractivity contribution in [2.45, 2.75) is 19.4 Å². The van der Waals surface area contributed by atoms with Crippen LogP contribution in [-0.4, -0.2) is 39.1 Å². The minimum absolute atomic E-state index is 0.101. The summed E-state index contributed by atoms with van der Waals surface area (Å²) in [7, 11) is -2.93. The smallest absolute Gasteiger partial charge is 0.154 e. The molecule has 0 aliphatic carbocycles. The van der Waals surface area contributed by atoms with Crippen molar-refractivity contribution in [2.75, 3.05) is 29.5 Å². The van der Waals surface area contributed by atoms with Crippen LogP contribution in [0.25, 0.3) is 0 Å². The van der Waals surface area contributed by atoms with Crippen LogP contribution in [0.1, 0.15) is 12.5 Å². The van der Waals surface area contributed by atoms with Gasteiger partial charge in [-0.1, -0.05) is 25.1 Å². The van der Waals surface area contributed by atoms with Gasteiger partial charge in [0.2, 0.25) is 0 Å². The van der Waals surface area contributed by atoms with Gasteiger partial charge in [-0.05, 0) is 18.1 Å². The van der Waals surface area contributed by atoms with Crippen molar-refractivity contribution >= 4 is 15.5 Å². The quantitative estimate of drug-likeness (QED) is 0.881. The van der Waals surface area contributed by atoms with Crippen LogP contribution >= 0.6 is 0 Å². The van der Waals surface area contributed by atoms with Crippen molar-refractivity contribution in [1.29, 1.82) is 0 Å². The molecule has 0 spiro atoms. The lowest BCUT2D eigenvalue weighted by Crippen LogP contribution is -2.52. The van der Waals surface area contributed by atoms with E-state index in [1.165, 1.54) is 5.56 Å². The van der Waals surface area contributed by atoms with Crippen molar-refractivity contribution < 1.29 is 8.42 Å². The normalized spacial score (nSPS) is 23.0. The average Bonchev–Trinajstić information content (AvgIpc) is 2.37. The summed E-state index contributed by atoms with van der Waals surface area (Å²) in [4.78, 5) is 2.15. The van der Waals surface area contributed by atoms with Gasteiger partial charge in [0.15, 0.2) is 9.84 Å². The first kappa shape index (κ1) is 13.4. The third-order valence-electron chi connectivity index (χ3n) is 3.48. The lowest BCUT2D eigenvalue weighted by molar-refractivity contribution is 0.558. The molecule has 1 fully saturated rings. The highest BCUT2D eigenvalue weighted by atomic mass is 32.2. The fourth-order valence-corrected chi connectivity index (χ4v) is 4.03. The third-order valence-corrected chi connectivity index (χ3v) is 5.18. The predicted molar refractivity (Wildman–Crippen MR) is 74.7 cm³/mol. The van der Waals surface area contributed by atoms with E-state index in [9.17, 15) is 8.42 Å². The molecule has 0 radical (unpaired) electrons. The summed E-state index contributed by atoms with van der Waals surface area (Å²) < 4.78 is 23.3. The molecule has 1 aromatic rings. The third kappa shape index (κ3) is 2.67. The predicted octanol–water partition coefficient (Wildman–Crippen LogP) is 0.811. The summed E-state index contributed by atoms with van der Waals surface area (Å²) in [6.45, 7) is 3.02. The van der Waals surface area contributed by atoms with E-state index in [1.54, 1.807) is 0 Å². The van der Waals surface area contributed by atoms with E-state index in [2.05, 4.69) is 24.0 Å². The molecule has 1 heterocycles. The van der Waals surface area contributed by atoms with Crippen molar-refractivity contribution in [3.63, 3.8) is 0 Å². The molecule has 1 aliphatic rings. The van der Waals surface area contributed by atoms with Crippen LogP contribution in [0.3, 0.4) is 0 Å². The van der Waals surface area contributed by atoms with Gasteiger partial charge in [-0.2, -0.15) is 0 Å². The zero-order valence-electron chi connectivity index (χ0n) is 10.7. The summed E-state index contributed by atoms with van der Waals surface area (Å²) in [6, 6.07) is 8.05. The molecule has 1 aliphatic heterocycles. The molecule has 18 heavy (non-hydrogen) atoms. The van der Waals surface area contributed by atoms with Crippen LogP contribution in [0.2, 0.25) is 0 Å². The van der Waals surface area contributed by atoms with Gasteiger partial charge in [0, 0.05) is 18.8 Å². The van der Waals surface area contributed by atoms with Crippen molar-refractivity contribution in [1.82, 2.24) is 0 Å². The lowest BCUT2D eigenvalue weighted by Gasteiger charge is -2.37. The van der Waals surface area contributed by atoms with E-state index >= 15 is 0 Å². The molecule has 0 bridgehead atoms. The highest BCUT2D eigenvalue weighted by Crippen LogP contribution is 2.25. The summed E-state index contributed by atoms with van der Waals surface area (Å²) in [5.41, 5.74) is 8.11. The number of benzene rings is 1. The first-order valence-electron chi connectivity index (χ1n) is 6.32. The Bertz CT molecular complexity index is 513. The van der Waals surface area contributed by atoms with E-state index in [-0.39, 0.29) is 17.5 Å². The molecule has 1 unspecified atom stereocenters. The van der Waals surface area contributed by atoms with Gasteiger partial charge in [-0.3, -0.25) is 0 Å². The van der Waals surface area contributed by atoms with Crippen LogP contribution < -0.4 is 10.6 Å². The number of rotatable bonds is 3. The van der Waals surface area contributed by atoms with E-state index in [0.29, 0.717) is 13.1 Å². The second kappa shape index (κ2) is 5.28. The molecule has 2 rings (SSSR count). The van der Waals surface area contributed by atoms with Crippen LogP contribution in [0.4, 0.5) is 5.69 Å². The molecule has 4 nitrogen and oxygen atoms in total. The monoisotopic (exact) mass is 268 g/mol. The molecule has 0 aromatic heterocycles. The number of sulfone groups is 1. The molecular weight excluding hydrogens is 248 g/mol. The van der Waals surface area contributed by atoms with Gasteiger partial charge in [0.25, 0.3) is 0 Å². The molecule has 5 heteroatoms. The second-order valence-corrected chi connectivity index (χ2v) is 6.91. The number of nitrogens with zero attached hydrogens (tertiary/aromatic N) is 1. The maximum absolute atomic E-state index is 11.7. The number of nitrogens with two attached hydrogens (primary N) is 1. The minimum Gasteiger partial charge on any atom is -0.365 e. The lowest BCUT2D eigenvalue weighted by atomic mass is 10.1. The maximum Gasteiger partial charge on any atom is 0.154 e. The minimum atomic E-state index is -2.93. The maximum atomic E-state index is 11.7. The Kier molecular flexibility index (Phi) is 3.92. The van der Waals surface area contributed by atoms with Gasteiger partial charge in [-0.25, -0.2) is 8.42 Å². The highest BCUT2D eigenvalue weighted by Gasteiger charge is 2.30. The first-order chi connectivity index (χ1) is 8.57. The number of para-hydroxylation sites is 1. The van der Waals surface area contributed by atoms with Gasteiger partial charge in [0.1, 0.15) is 0 Å². The Morgan fingerprint density at radius 1 is 1.39 bits per heavy atom. The van der Waals surface area contributed by atoms with Gasteiger partial charge in [-0.15, -0.1) is 0 Å². The van der Waals surface area contributed by atoms with Crippen molar-refractivity contribution in [3.05, 3.63) is 29.8 Å².